The van der Waals surface area contributed by atoms with Crippen molar-refractivity contribution in [1.29, 1.82) is 0 Å². The topological polar surface area (TPSA) is 34.1 Å². The number of nitrogens with one attached hydrogen (secondary N) is 1. The molecule has 0 radical (unpaired) electrons. The summed E-state index contributed by atoms with van der Waals surface area (Å²) in [6.45, 7) is 2.62. The van der Waals surface area contributed by atoms with E-state index in [1.165, 1.54) is 5.56 Å². The van der Waals surface area contributed by atoms with Gasteiger partial charge in [-0.05, 0) is 40.5 Å². The molecule has 0 aromatic carbocycles. The normalized spacial score (nSPS) is 10.4. The highest BCUT2D eigenvalue weighted by Crippen LogP contribution is 2.09. The lowest BCUT2D eigenvalue weighted by Crippen LogP contribution is -2.21. The monoisotopic (exact) mass is 258 g/mol. The van der Waals surface area contributed by atoms with Crippen molar-refractivity contribution < 1.29 is 4.74 Å². The van der Waals surface area contributed by atoms with Crippen LogP contribution in [0.4, 0.5) is 0 Å². The number of rotatable bonds is 6. The van der Waals surface area contributed by atoms with Crippen LogP contribution in [-0.4, -0.2) is 31.8 Å². The molecule has 1 heterocycles. The summed E-state index contributed by atoms with van der Waals surface area (Å²) in [4.78, 5) is 4.10. The van der Waals surface area contributed by atoms with Crippen molar-refractivity contribution in [2.75, 3.05) is 26.8 Å². The zero-order valence-electron chi connectivity index (χ0n) is 8.29. The van der Waals surface area contributed by atoms with Crippen molar-refractivity contribution in [3.63, 3.8) is 0 Å². The summed E-state index contributed by atoms with van der Waals surface area (Å²) in [6, 6.07) is 2.09. The second kappa shape index (κ2) is 6.92. The van der Waals surface area contributed by atoms with E-state index in [1.807, 2.05) is 6.20 Å². The van der Waals surface area contributed by atoms with Crippen molar-refractivity contribution >= 4 is 15.9 Å². The fourth-order valence-corrected chi connectivity index (χ4v) is 1.54. The molecule has 0 aliphatic rings. The minimum absolute atomic E-state index is 0.761. The average Bonchev–Trinajstić information content (AvgIpc) is 2.18. The zero-order chi connectivity index (χ0) is 10.2. The van der Waals surface area contributed by atoms with Crippen LogP contribution < -0.4 is 5.32 Å². The van der Waals surface area contributed by atoms with E-state index >= 15 is 0 Å². The highest BCUT2D eigenvalue weighted by molar-refractivity contribution is 9.10. The van der Waals surface area contributed by atoms with E-state index in [9.17, 15) is 0 Å². The maximum Gasteiger partial charge on any atom is 0.0587 e. The predicted octanol–water partition coefficient (Wildman–Crippen LogP) is 1.62. The zero-order valence-corrected chi connectivity index (χ0v) is 9.88. The third-order valence-corrected chi connectivity index (χ3v) is 2.27. The Bertz CT molecular complexity index is 268. The summed E-state index contributed by atoms with van der Waals surface area (Å²) in [5, 5.41) is 3.29. The minimum atomic E-state index is 0.761. The second-order valence-corrected chi connectivity index (χ2v) is 3.92. The van der Waals surface area contributed by atoms with Gasteiger partial charge in [-0.2, -0.15) is 0 Å². The first-order valence-electron chi connectivity index (χ1n) is 4.62. The quantitative estimate of drug-likeness (QED) is 0.788. The maximum atomic E-state index is 4.93. The number of nitrogens with zero attached hydrogens (tertiary/aromatic N) is 1. The van der Waals surface area contributed by atoms with Crippen LogP contribution in [0.25, 0.3) is 0 Å². The third kappa shape index (κ3) is 4.69. The highest BCUT2D eigenvalue weighted by Gasteiger charge is 1.94. The van der Waals surface area contributed by atoms with Gasteiger partial charge in [0.15, 0.2) is 0 Å². The first-order valence-corrected chi connectivity index (χ1v) is 5.41. The van der Waals surface area contributed by atoms with Gasteiger partial charge in [-0.3, -0.25) is 4.98 Å². The van der Waals surface area contributed by atoms with Gasteiger partial charge < -0.3 is 10.1 Å². The number of halogens is 1. The summed E-state index contributed by atoms with van der Waals surface area (Å²) in [7, 11) is 1.71. The van der Waals surface area contributed by atoms with Gasteiger partial charge in [0.25, 0.3) is 0 Å². The number of aromatic nitrogens is 1. The van der Waals surface area contributed by atoms with Gasteiger partial charge in [-0.1, -0.05) is 0 Å². The van der Waals surface area contributed by atoms with E-state index in [0.29, 0.717) is 0 Å². The molecule has 0 aliphatic heterocycles. The van der Waals surface area contributed by atoms with Gasteiger partial charge in [-0.15, -0.1) is 0 Å². The molecule has 14 heavy (non-hydrogen) atoms. The molecule has 1 aromatic rings. The van der Waals surface area contributed by atoms with Crippen LogP contribution in [0.3, 0.4) is 0 Å². The molecule has 0 unspecified atom stereocenters. The molecule has 0 spiro atoms. The lowest BCUT2D eigenvalue weighted by molar-refractivity contribution is 0.199. The van der Waals surface area contributed by atoms with Gasteiger partial charge in [0.1, 0.15) is 0 Å². The van der Waals surface area contributed by atoms with E-state index in [1.54, 1.807) is 13.3 Å². The van der Waals surface area contributed by atoms with Crippen LogP contribution in [0.2, 0.25) is 0 Å². The summed E-state index contributed by atoms with van der Waals surface area (Å²) in [6.07, 6.45) is 4.68. The summed E-state index contributed by atoms with van der Waals surface area (Å²) >= 11 is 3.39. The smallest absolute Gasteiger partial charge is 0.0587 e. The Balaban J connectivity index is 2.18. The molecule has 1 aromatic heterocycles. The van der Waals surface area contributed by atoms with E-state index in [2.05, 4.69) is 32.3 Å². The largest absolute Gasteiger partial charge is 0.383 e. The van der Waals surface area contributed by atoms with E-state index in [0.717, 1.165) is 30.6 Å². The molecule has 0 atom stereocenters. The van der Waals surface area contributed by atoms with Gasteiger partial charge in [0, 0.05) is 30.5 Å². The molecule has 1 rings (SSSR count). The van der Waals surface area contributed by atoms with Crippen LogP contribution in [0, 0.1) is 0 Å². The number of ether oxygens (including phenoxy) is 1. The van der Waals surface area contributed by atoms with Gasteiger partial charge >= 0.3 is 0 Å². The Morgan fingerprint density at radius 1 is 1.43 bits per heavy atom. The van der Waals surface area contributed by atoms with Gasteiger partial charge in [-0.25, -0.2) is 0 Å². The Morgan fingerprint density at radius 3 is 3.00 bits per heavy atom. The van der Waals surface area contributed by atoms with E-state index in [-0.39, 0.29) is 0 Å². The summed E-state index contributed by atoms with van der Waals surface area (Å²) in [5.74, 6) is 0. The molecule has 0 saturated heterocycles. The van der Waals surface area contributed by atoms with Gasteiger partial charge in [0.05, 0.1) is 6.61 Å². The number of pyridine rings is 1. The third-order valence-electron chi connectivity index (χ3n) is 1.83. The summed E-state index contributed by atoms with van der Waals surface area (Å²) in [5.41, 5.74) is 1.24. The Kier molecular flexibility index (Phi) is 5.75. The Hall–Kier alpha value is -0.450. The van der Waals surface area contributed by atoms with Crippen molar-refractivity contribution in [3.05, 3.63) is 28.5 Å². The SMILES string of the molecule is COCCNCCc1cncc(Br)c1. The molecule has 78 valence electrons. The first-order chi connectivity index (χ1) is 6.83. The standard InChI is InChI=1S/C10H15BrN2O/c1-14-5-4-12-3-2-9-6-10(11)8-13-7-9/h6-8,12H,2-5H2,1H3. The van der Waals surface area contributed by atoms with Crippen molar-refractivity contribution in [2.45, 2.75) is 6.42 Å². The second-order valence-electron chi connectivity index (χ2n) is 3.00. The average molecular weight is 259 g/mol. The molecular formula is C10H15BrN2O. The van der Waals surface area contributed by atoms with Gasteiger partial charge in [0.2, 0.25) is 0 Å². The lowest BCUT2D eigenvalue weighted by Gasteiger charge is -2.03. The molecule has 0 saturated carbocycles. The fraction of sp³-hybridized carbons (Fsp3) is 0.500. The van der Waals surface area contributed by atoms with Crippen LogP contribution in [-0.2, 0) is 11.2 Å². The van der Waals surface area contributed by atoms with Crippen molar-refractivity contribution in [1.82, 2.24) is 10.3 Å². The number of methoxy groups -OCH3 is 1. The van der Waals surface area contributed by atoms with Crippen LogP contribution in [0.5, 0.6) is 0 Å². The predicted molar refractivity (Wildman–Crippen MR) is 60.4 cm³/mol. The molecule has 0 amide bonds. The fourth-order valence-electron chi connectivity index (χ4n) is 1.12. The molecular weight excluding hydrogens is 244 g/mol. The Morgan fingerprint density at radius 2 is 2.29 bits per heavy atom. The highest BCUT2D eigenvalue weighted by atomic mass is 79.9. The molecule has 3 nitrogen and oxygen atoms in total. The van der Waals surface area contributed by atoms with Crippen LogP contribution in [0.1, 0.15) is 5.56 Å². The Labute approximate surface area is 93.0 Å². The minimum Gasteiger partial charge on any atom is -0.383 e. The van der Waals surface area contributed by atoms with Crippen molar-refractivity contribution in [2.24, 2.45) is 0 Å². The van der Waals surface area contributed by atoms with E-state index < -0.39 is 0 Å². The lowest BCUT2D eigenvalue weighted by atomic mass is 10.2. The van der Waals surface area contributed by atoms with E-state index in [4.69, 9.17) is 4.74 Å². The number of hydrogen-bond acceptors (Lipinski definition) is 3. The van der Waals surface area contributed by atoms with Crippen molar-refractivity contribution in [3.8, 4) is 0 Å². The summed E-state index contributed by atoms with van der Waals surface area (Å²) < 4.78 is 5.97. The van der Waals surface area contributed by atoms with Crippen LogP contribution >= 0.6 is 15.9 Å². The molecule has 0 bridgehead atoms. The van der Waals surface area contributed by atoms with Crippen LogP contribution in [0.15, 0.2) is 22.9 Å². The molecule has 0 fully saturated rings. The number of hydrogen-bond donors (Lipinski definition) is 1. The maximum absolute atomic E-state index is 4.93. The molecule has 4 heteroatoms. The molecule has 1 N–H and O–H groups in total. The first kappa shape index (κ1) is 11.6. The molecule has 0 aliphatic carbocycles.